The van der Waals surface area contributed by atoms with Crippen LogP contribution in [0.1, 0.15) is 40.7 Å². The topological polar surface area (TPSA) is 83.4 Å². The first-order chi connectivity index (χ1) is 11.2. The van der Waals surface area contributed by atoms with E-state index in [1.807, 2.05) is 4.90 Å². The number of amides is 1. The summed E-state index contributed by atoms with van der Waals surface area (Å²) in [4.78, 5) is 35.9. The van der Waals surface area contributed by atoms with Crippen LogP contribution in [0.15, 0.2) is 34.8 Å². The molecule has 1 amide bonds. The Labute approximate surface area is 135 Å². The third-order valence-electron chi connectivity index (χ3n) is 4.15. The van der Waals surface area contributed by atoms with Gasteiger partial charge in [0, 0.05) is 24.9 Å². The van der Waals surface area contributed by atoms with Crippen LogP contribution in [0.3, 0.4) is 0 Å². The van der Waals surface area contributed by atoms with Crippen LogP contribution in [0, 0.1) is 0 Å². The largest absolute Gasteiger partial charge is 0.329 e. The van der Waals surface area contributed by atoms with Gasteiger partial charge in [0.2, 0.25) is 0 Å². The number of hydrogen-bond acceptors (Lipinski definition) is 5. The SMILES string of the molecule is O=C(c1cncs1)N1CCCC[C@@H]1c1cc(=O)n2[nH]ccc2n1. The average molecular weight is 329 g/mol. The molecule has 0 unspecified atom stereocenters. The first-order valence-electron chi connectivity index (χ1n) is 7.50. The zero-order chi connectivity index (χ0) is 15.8. The Balaban J connectivity index is 1.74. The number of fused-ring (bicyclic) bond motifs is 1. The van der Waals surface area contributed by atoms with Gasteiger partial charge < -0.3 is 4.90 Å². The molecule has 4 heterocycles. The van der Waals surface area contributed by atoms with Gasteiger partial charge in [-0.15, -0.1) is 11.3 Å². The van der Waals surface area contributed by atoms with Crippen molar-refractivity contribution in [1.29, 1.82) is 0 Å². The summed E-state index contributed by atoms with van der Waals surface area (Å²) in [6, 6.07) is 3.11. The minimum Gasteiger partial charge on any atom is -0.329 e. The fraction of sp³-hybridized carbons (Fsp3) is 0.333. The second kappa shape index (κ2) is 5.62. The monoisotopic (exact) mass is 329 g/mol. The Morgan fingerprint density at radius 2 is 2.30 bits per heavy atom. The molecule has 4 rings (SSSR count). The Bertz CT molecular complexity index is 898. The summed E-state index contributed by atoms with van der Waals surface area (Å²) in [5.41, 5.74) is 2.73. The van der Waals surface area contributed by atoms with E-state index in [2.05, 4.69) is 15.1 Å². The Kier molecular flexibility index (Phi) is 3.45. The van der Waals surface area contributed by atoms with Gasteiger partial charge in [0.15, 0.2) is 5.65 Å². The van der Waals surface area contributed by atoms with Crippen LogP contribution in [0.4, 0.5) is 0 Å². The van der Waals surface area contributed by atoms with E-state index in [0.717, 1.165) is 19.3 Å². The third kappa shape index (κ3) is 2.44. The molecule has 0 spiro atoms. The summed E-state index contributed by atoms with van der Waals surface area (Å²) in [6.07, 6.45) is 6.07. The predicted molar refractivity (Wildman–Crippen MR) is 85.6 cm³/mol. The van der Waals surface area contributed by atoms with Crippen molar-refractivity contribution < 1.29 is 4.79 Å². The number of rotatable bonds is 2. The zero-order valence-electron chi connectivity index (χ0n) is 12.3. The van der Waals surface area contributed by atoms with Crippen LogP contribution >= 0.6 is 11.3 Å². The van der Waals surface area contributed by atoms with Crippen LogP contribution in [-0.2, 0) is 0 Å². The van der Waals surface area contributed by atoms with Crippen molar-refractivity contribution in [2.45, 2.75) is 25.3 Å². The van der Waals surface area contributed by atoms with Crippen molar-refractivity contribution >= 4 is 22.9 Å². The minimum atomic E-state index is -0.161. The molecular formula is C15H15N5O2S. The summed E-state index contributed by atoms with van der Waals surface area (Å²) < 4.78 is 1.39. The number of nitrogens with one attached hydrogen (secondary N) is 1. The maximum Gasteiger partial charge on any atom is 0.272 e. The van der Waals surface area contributed by atoms with E-state index in [1.165, 1.54) is 21.9 Å². The van der Waals surface area contributed by atoms with Crippen molar-refractivity contribution in [2.24, 2.45) is 0 Å². The number of carbonyl (C=O) groups excluding carboxylic acids is 1. The molecule has 1 aliphatic rings. The quantitative estimate of drug-likeness (QED) is 0.778. The maximum atomic E-state index is 12.7. The predicted octanol–water partition coefficient (Wildman–Crippen LogP) is 1.85. The van der Waals surface area contributed by atoms with E-state index in [0.29, 0.717) is 22.8 Å². The lowest BCUT2D eigenvalue weighted by Gasteiger charge is -2.35. The molecule has 1 N–H and O–H groups in total. The van der Waals surface area contributed by atoms with Gasteiger partial charge in [0.25, 0.3) is 11.5 Å². The number of H-pyrrole nitrogens is 1. The Morgan fingerprint density at radius 3 is 3.13 bits per heavy atom. The van der Waals surface area contributed by atoms with E-state index in [1.54, 1.807) is 24.0 Å². The molecule has 1 aliphatic heterocycles. The molecule has 0 aliphatic carbocycles. The lowest BCUT2D eigenvalue weighted by Crippen LogP contribution is -2.39. The van der Waals surface area contributed by atoms with Crippen LogP contribution in [-0.4, -0.2) is 36.9 Å². The van der Waals surface area contributed by atoms with Crippen LogP contribution in [0.5, 0.6) is 0 Å². The molecule has 0 saturated carbocycles. The highest BCUT2D eigenvalue weighted by Gasteiger charge is 2.30. The van der Waals surface area contributed by atoms with Gasteiger partial charge in [-0.25, -0.2) is 9.50 Å². The molecule has 0 bridgehead atoms. The first-order valence-corrected chi connectivity index (χ1v) is 8.38. The number of piperidine rings is 1. The maximum absolute atomic E-state index is 12.7. The number of likely N-dealkylation sites (tertiary alicyclic amines) is 1. The summed E-state index contributed by atoms with van der Waals surface area (Å²) in [5, 5.41) is 2.83. The lowest BCUT2D eigenvalue weighted by molar-refractivity contribution is 0.0611. The van der Waals surface area contributed by atoms with Gasteiger partial charge in [-0.3, -0.25) is 19.7 Å². The first kappa shape index (κ1) is 14.1. The van der Waals surface area contributed by atoms with Gasteiger partial charge >= 0.3 is 0 Å². The summed E-state index contributed by atoms with van der Waals surface area (Å²) in [5.74, 6) is -0.0340. The molecule has 23 heavy (non-hydrogen) atoms. The van der Waals surface area contributed by atoms with Crippen molar-refractivity contribution in [3.63, 3.8) is 0 Å². The molecule has 0 aromatic carbocycles. The number of nitrogens with zero attached hydrogens (tertiary/aromatic N) is 4. The Morgan fingerprint density at radius 1 is 1.39 bits per heavy atom. The fourth-order valence-corrected chi connectivity index (χ4v) is 3.64. The van der Waals surface area contributed by atoms with Crippen LogP contribution in [0.2, 0.25) is 0 Å². The molecule has 0 radical (unpaired) electrons. The molecule has 3 aromatic rings. The van der Waals surface area contributed by atoms with Gasteiger partial charge in [0.1, 0.15) is 4.88 Å². The number of carbonyl (C=O) groups is 1. The molecule has 1 fully saturated rings. The lowest BCUT2D eigenvalue weighted by atomic mass is 9.99. The standard InChI is InChI=1S/C15H15N5O2S/c21-14-7-10(18-13-4-5-17-20(13)14)11-3-1-2-6-19(11)15(22)12-8-16-9-23-12/h4-5,7-9,11,17H,1-3,6H2/t11-/m1/s1. The van der Waals surface area contributed by atoms with E-state index in [-0.39, 0.29) is 17.5 Å². The summed E-state index contributed by atoms with van der Waals surface area (Å²) in [7, 11) is 0. The van der Waals surface area contributed by atoms with E-state index in [9.17, 15) is 9.59 Å². The molecule has 3 aromatic heterocycles. The molecule has 8 heteroatoms. The van der Waals surface area contributed by atoms with Gasteiger partial charge in [0.05, 0.1) is 23.4 Å². The number of aromatic nitrogens is 4. The fourth-order valence-electron chi connectivity index (χ4n) is 3.06. The minimum absolute atomic E-state index is 0.0340. The highest BCUT2D eigenvalue weighted by molar-refractivity contribution is 7.11. The number of hydrogen-bond donors (Lipinski definition) is 1. The highest BCUT2D eigenvalue weighted by Crippen LogP contribution is 2.31. The normalized spacial score (nSPS) is 18.4. The molecule has 1 atom stereocenters. The summed E-state index contributed by atoms with van der Waals surface area (Å²) >= 11 is 1.34. The van der Waals surface area contributed by atoms with Crippen molar-refractivity contribution in [3.8, 4) is 0 Å². The van der Waals surface area contributed by atoms with Crippen molar-refractivity contribution in [3.05, 3.63) is 51.0 Å². The van der Waals surface area contributed by atoms with Crippen LogP contribution < -0.4 is 5.56 Å². The molecule has 1 saturated heterocycles. The van der Waals surface area contributed by atoms with Crippen molar-refractivity contribution in [1.82, 2.24) is 24.5 Å². The Hall–Kier alpha value is -2.48. The highest BCUT2D eigenvalue weighted by atomic mass is 32.1. The number of thiazole rings is 1. The molecular weight excluding hydrogens is 314 g/mol. The van der Waals surface area contributed by atoms with E-state index >= 15 is 0 Å². The smallest absolute Gasteiger partial charge is 0.272 e. The third-order valence-corrected chi connectivity index (χ3v) is 4.91. The zero-order valence-corrected chi connectivity index (χ0v) is 13.1. The summed E-state index contributed by atoms with van der Waals surface area (Å²) in [6.45, 7) is 0.676. The number of aromatic amines is 1. The second-order valence-electron chi connectivity index (χ2n) is 5.55. The van der Waals surface area contributed by atoms with Gasteiger partial charge in [-0.2, -0.15) is 0 Å². The molecule has 118 valence electrons. The van der Waals surface area contributed by atoms with E-state index in [4.69, 9.17) is 0 Å². The van der Waals surface area contributed by atoms with E-state index < -0.39 is 0 Å². The van der Waals surface area contributed by atoms with Gasteiger partial charge in [-0.1, -0.05) is 0 Å². The van der Waals surface area contributed by atoms with Crippen LogP contribution in [0.25, 0.3) is 5.65 Å². The molecule has 7 nitrogen and oxygen atoms in total. The second-order valence-corrected chi connectivity index (χ2v) is 6.44. The van der Waals surface area contributed by atoms with Gasteiger partial charge in [-0.05, 0) is 19.3 Å². The average Bonchev–Trinajstić information content (AvgIpc) is 3.25. The van der Waals surface area contributed by atoms with Crippen molar-refractivity contribution in [2.75, 3.05) is 6.54 Å².